The lowest BCUT2D eigenvalue weighted by Crippen LogP contribution is -2.32. The van der Waals surface area contributed by atoms with Gasteiger partial charge in [0.15, 0.2) is 5.11 Å². The Hall–Kier alpha value is -3.06. The van der Waals surface area contributed by atoms with E-state index in [4.69, 9.17) is 17.0 Å². The molecule has 0 aliphatic carbocycles. The monoisotopic (exact) mass is 367 g/mol. The summed E-state index contributed by atoms with van der Waals surface area (Å²) < 4.78 is 5.09. The number of aromatic nitrogens is 1. The summed E-state index contributed by atoms with van der Waals surface area (Å²) in [5.41, 5.74) is 1.95. The summed E-state index contributed by atoms with van der Waals surface area (Å²) in [4.78, 5) is 32.2. The zero-order chi connectivity index (χ0) is 18.7. The number of carbonyl (C=O) groups is 2. The molecule has 7 heteroatoms. The molecule has 1 aromatic heterocycles. The number of esters is 1. The molecule has 2 aromatic rings. The molecule has 1 aromatic carbocycles. The normalized spacial score (nSPS) is 15.7. The fourth-order valence-corrected chi connectivity index (χ4v) is 2.92. The van der Waals surface area contributed by atoms with Crippen LogP contribution in [0.2, 0.25) is 0 Å². The van der Waals surface area contributed by atoms with E-state index in [0.29, 0.717) is 22.1 Å². The van der Waals surface area contributed by atoms with Crippen molar-refractivity contribution in [2.75, 3.05) is 18.6 Å². The Balaban J connectivity index is 2.03. The summed E-state index contributed by atoms with van der Waals surface area (Å²) in [6.07, 6.45) is 5.04. The molecule has 0 unspecified atom stereocenters. The van der Waals surface area contributed by atoms with Crippen molar-refractivity contribution in [3.05, 3.63) is 65.6 Å². The average molecular weight is 367 g/mol. The predicted octanol–water partition coefficient (Wildman–Crippen LogP) is 2.86. The summed E-state index contributed by atoms with van der Waals surface area (Å²) >= 11 is 5.45. The van der Waals surface area contributed by atoms with Crippen molar-refractivity contribution in [3.63, 3.8) is 0 Å². The molecule has 0 bridgehead atoms. The lowest BCUT2D eigenvalue weighted by molar-refractivity contribution is -0.114. The van der Waals surface area contributed by atoms with Gasteiger partial charge in [0, 0.05) is 19.4 Å². The standard InChI is InChI=1S/C19H17N3O3S/c1-3-25-18(24)14-6-4-5-7-15(14)22-17(23)16(21(2)19(22)26)12-13-8-10-20-11-9-13/h4-12H,3H2,1-2H3/b16-12+. The Bertz CT molecular complexity index is 896. The fraction of sp³-hybridized carbons (Fsp3) is 0.158. The van der Waals surface area contributed by atoms with Gasteiger partial charge in [-0.2, -0.15) is 0 Å². The Morgan fingerprint density at radius 3 is 2.62 bits per heavy atom. The minimum atomic E-state index is -0.493. The third-order valence-corrected chi connectivity index (χ3v) is 4.37. The molecule has 0 spiro atoms. The van der Waals surface area contributed by atoms with E-state index >= 15 is 0 Å². The van der Waals surface area contributed by atoms with Crippen molar-refractivity contribution in [1.82, 2.24) is 9.88 Å². The van der Waals surface area contributed by atoms with Crippen molar-refractivity contribution >= 4 is 41.0 Å². The summed E-state index contributed by atoms with van der Waals surface area (Å²) in [5, 5.41) is 0.298. The number of pyridine rings is 1. The second-order valence-corrected chi connectivity index (χ2v) is 5.90. The highest BCUT2D eigenvalue weighted by molar-refractivity contribution is 7.80. The highest BCUT2D eigenvalue weighted by Gasteiger charge is 2.38. The van der Waals surface area contributed by atoms with E-state index in [-0.39, 0.29) is 12.5 Å². The molecule has 3 rings (SSSR count). The van der Waals surface area contributed by atoms with Gasteiger partial charge in [0.05, 0.1) is 17.9 Å². The van der Waals surface area contributed by atoms with E-state index in [1.54, 1.807) is 73.7 Å². The second-order valence-electron chi connectivity index (χ2n) is 5.53. The van der Waals surface area contributed by atoms with Crippen molar-refractivity contribution in [3.8, 4) is 0 Å². The Kier molecular flexibility index (Phi) is 5.09. The number of nitrogens with zero attached hydrogens (tertiary/aromatic N) is 3. The summed E-state index contributed by atoms with van der Waals surface area (Å²) in [6.45, 7) is 1.98. The average Bonchev–Trinajstić information content (AvgIpc) is 2.86. The minimum absolute atomic E-state index is 0.249. The smallest absolute Gasteiger partial charge is 0.340 e. The number of rotatable bonds is 4. The predicted molar refractivity (Wildman–Crippen MR) is 102 cm³/mol. The molecule has 0 saturated carbocycles. The molecule has 0 N–H and O–H groups in total. The molecule has 1 fully saturated rings. The van der Waals surface area contributed by atoms with Crippen LogP contribution >= 0.6 is 12.2 Å². The van der Waals surface area contributed by atoms with Crippen molar-refractivity contribution in [2.24, 2.45) is 0 Å². The molecule has 1 saturated heterocycles. The zero-order valence-corrected chi connectivity index (χ0v) is 15.2. The van der Waals surface area contributed by atoms with E-state index in [1.165, 1.54) is 4.90 Å². The molecular formula is C19H17N3O3S. The van der Waals surface area contributed by atoms with Crippen LogP contribution in [0, 0.1) is 0 Å². The number of hydrogen-bond donors (Lipinski definition) is 0. The van der Waals surface area contributed by atoms with Crippen LogP contribution in [-0.2, 0) is 9.53 Å². The number of amides is 1. The van der Waals surface area contributed by atoms with E-state index in [1.807, 2.05) is 0 Å². The number of benzene rings is 1. The molecule has 26 heavy (non-hydrogen) atoms. The molecular weight excluding hydrogens is 350 g/mol. The summed E-state index contributed by atoms with van der Waals surface area (Å²) in [7, 11) is 1.72. The fourth-order valence-electron chi connectivity index (χ4n) is 2.64. The minimum Gasteiger partial charge on any atom is -0.462 e. The Morgan fingerprint density at radius 1 is 1.23 bits per heavy atom. The summed E-state index contributed by atoms with van der Waals surface area (Å²) in [5.74, 6) is -0.793. The van der Waals surface area contributed by atoms with Gasteiger partial charge in [-0.3, -0.25) is 14.7 Å². The number of anilines is 1. The number of likely N-dealkylation sites (N-methyl/N-ethyl adjacent to an activating group) is 1. The van der Waals surface area contributed by atoms with Gasteiger partial charge < -0.3 is 9.64 Å². The van der Waals surface area contributed by atoms with Gasteiger partial charge >= 0.3 is 5.97 Å². The van der Waals surface area contributed by atoms with Crippen LogP contribution < -0.4 is 4.90 Å². The maximum Gasteiger partial charge on any atom is 0.340 e. The van der Waals surface area contributed by atoms with Gasteiger partial charge in [0.25, 0.3) is 5.91 Å². The number of carbonyl (C=O) groups excluding carboxylic acids is 2. The SMILES string of the molecule is CCOC(=O)c1ccccc1N1C(=O)/C(=C\c2ccncc2)N(C)C1=S. The van der Waals surface area contributed by atoms with Crippen molar-refractivity contribution in [1.29, 1.82) is 0 Å². The van der Waals surface area contributed by atoms with Crippen LogP contribution in [0.3, 0.4) is 0 Å². The molecule has 1 aliphatic rings. The van der Waals surface area contributed by atoms with Gasteiger partial charge in [-0.05, 0) is 55.0 Å². The van der Waals surface area contributed by atoms with Crippen LogP contribution in [0.1, 0.15) is 22.8 Å². The topological polar surface area (TPSA) is 62.7 Å². The van der Waals surface area contributed by atoms with Crippen molar-refractivity contribution < 1.29 is 14.3 Å². The number of hydrogen-bond acceptors (Lipinski definition) is 5. The van der Waals surface area contributed by atoms with Crippen LogP contribution in [-0.4, -0.2) is 40.5 Å². The van der Waals surface area contributed by atoms with Crippen LogP contribution in [0.4, 0.5) is 5.69 Å². The quantitative estimate of drug-likeness (QED) is 0.470. The highest BCUT2D eigenvalue weighted by Crippen LogP contribution is 2.30. The van der Waals surface area contributed by atoms with E-state index < -0.39 is 5.97 Å². The van der Waals surface area contributed by atoms with Gasteiger partial charge in [-0.15, -0.1) is 0 Å². The van der Waals surface area contributed by atoms with Crippen molar-refractivity contribution in [2.45, 2.75) is 6.92 Å². The largest absolute Gasteiger partial charge is 0.462 e. The maximum atomic E-state index is 13.0. The third kappa shape index (κ3) is 3.21. The first kappa shape index (κ1) is 17.8. The van der Waals surface area contributed by atoms with Crippen LogP contribution in [0.5, 0.6) is 0 Å². The Morgan fingerprint density at radius 2 is 1.92 bits per heavy atom. The number of ether oxygens (including phenoxy) is 1. The first-order valence-electron chi connectivity index (χ1n) is 8.04. The molecule has 0 radical (unpaired) electrons. The molecule has 1 amide bonds. The Labute approximate surface area is 156 Å². The van der Waals surface area contributed by atoms with E-state index in [9.17, 15) is 9.59 Å². The van der Waals surface area contributed by atoms with Gasteiger partial charge in [-0.25, -0.2) is 4.79 Å². The first-order chi connectivity index (χ1) is 12.5. The summed E-state index contributed by atoms with van der Waals surface area (Å²) in [6, 6.07) is 10.4. The van der Waals surface area contributed by atoms with Gasteiger partial charge in [-0.1, -0.05) is 12.1 Å². The molecule has 132 valence electrons. The highest BCUT2D eigenvalue weighted by atomic mass is 32.1. The second kappa shape index (κ2) is 7.45. The number of thiocarbonyl (C=S) groups is 1. The molecule has 6 nitrogen and oxygen atoms in total. The van der Waals surface area contributed by atoms with Crippen LogP contribution in [0.25, 0.3) is 6.08 Å². The van der Waals surface area contributed by atoms with E-state index in [0.717, 1.165) is 5.56 Å². The lowest BCUT2D eigenvalue weighted by Gasteiger charge is -2.19. The zero-order valence-electron chi connectivity index (χ0n) is 14.4. The van der Waals surface area contributed by atoms with Crippen LogP contribution in [0.15, 0.2) is 54.5 Å². The van der Waals surface area contributed by atoms with Gasteiger partial charge in [0.1, 0.15) is 5.70 Å². The number of para-hydroxylation sites is 1. The van der Waals surface area contributed by atoms with Gasteiger partial charge in [0.2, 0.25) is 0 Å². The molecule has 1 aliphatic heterocycles. The lowest BCUT2D eigenvalue weighted by atomic mass is 10.1. The van der Waals surface area contributed by atoms with E-state index in [2.05, 4.69) is 4.98 Å². The third-order valence-electron chi connectivity index (χ3n) is 3.91. The molecule has 0 atom stereocenters. The molecule has 2 heterocycles. The first-order valence-corrected chi connectivity index (χ1v) is 8.45. The maximum absolute atomic E-state index is 13.0.